The third kappa shape index (κ3) is 6.68. The first-order valence-electron chi connectivity index (χ1n) is 7.37. The molecule has 4 heteroatoms. The summed E-state index contributed by atoms with van der Waals surface area (Å²) in [6, 6.07) is 6.53. The van der Waals surface area contributed by atoms with Crippen LogP contribution in [0.25, 0.3) is 0 Å². The lowest BCUT2D eigenvalue weighted by molar-refractivity contribution is -0.120. The summed E-state index contributed by atoms with van der Waals surface area (Å²) in [5.41, 5.74) is 9.36. The van der Waals surface area contributed by atoms with Gasteiger partial charge in [-0.3, -0.25) is 4.79 Å². The van der Waals surface area contributed by atoms with Crippen LogP contribution in [-0.4, -0.2) is 32.1 Å². The van der Waals surface area contributed by atoms with Crippen LogP contribution in [0.3, 0.4) is 0 Å². The lowest BCUT2D eigenvalue weighted by Gasteiger charge is -2.08. The molecule has 4 N–H and O–H groups in total. The van der Waals surface area contributed by atoms with Gasteiger partial charge in [0.05, 0.1) is 0 Å². The predicted octanol–water partition coefficient (Wildman–Crippen LogP) is 1.29. The molecule has 0 saturated heterocycles. The Morgan fingerprint density at radius 3 is 2.70 bits per heavy atom. The van der Waals surface area contributed by atoms with E-state index in [-0.39, 0.29) is 5.91 Å². The van der Waals surface area contributed by atoms with Gasteiger partial charge in [-0.2, -0.15) is 0 Å². The van der Waals surface area contributed by atoms with Crippen LogP contribution in [0.15, 0.2) is 18.2 Å². The summed E-state index contributed by atoms with van der Waals surface area (Å²) in [4.78, 5) is 11.5. The van der Waals surface area contributed by atoms with Gasteiger partial charge in [-0.15, -0.1) is 0 Å². The molecule has 4 nitrogen and oxygen atoms in total. The Balaban J connectivity index is 2.13. The van der Waals surface area contributed by atoms with Crippen molar-refractivity contribution in [1.29, 1.82) is 0 Å². The van der Waals surface area contributed by atoms with Gasteiger partial charge in [0.15, 0.2) is 0 Å². The van der Waals surface area contributed by atoms with Crippen molar-refractivity contribution in [3.05, 3.63) is 34.9 Å². The summed E-state index contributed by atoms with van der Waals surface area (Å²) in [5, 5.41) is 6.06. The Bertz CT molecular complexity index is 418. The SMILES string of the molecule is Cc1ccc(CCCNC(=O)CCNCCN)c(C)c1. The quantitative estimate of drug-likeness (QED) is 0.596. The molecular formula is C16H27N3O. The maximum Gasteiger partial charge on any atom is 0.221 e. The molecule has 0 aliphatic rings. The summed E-state index contributed by atoms with van der Waals surface area (Å²) in [6.07, 6.45) is 2.51. The maximum absolute atomic E-state index is 11.5. The highest BCUT2D eigenvalue weighted by Gasteiger charge is 2.01. The minimum atomic E-state index is 0.107. The number of hydrogen-bond donors (Lipinski definition) is 3. The van der Waals surface area contributed by atoms with E-state index < -0.39 is 0 Å². The number of nitrogens with two attached hydrogens (primary N) is 1. The summed E-state index contributed by atoms with van der Waals surface area (Å²) in [5.74, 6) is 0.107. The summed E-state index contributed by atoms with van der Waals surface area (Å²) >= 11 is 0. The second-order valence-electron chi connectivity index (χ2n) is 5.17. The number of carbonyl (C=O) groups is 1. The van der Waals surface area contributed by atoms with Crippen molar-refractivity contribution in [2.75, 3.05) is 26.2 Å². The molecule has 1 rings (SSSR count). The van der Waals surface area contributed by atoms with Crippen LogP contribution < -0.4 is 16.4 Å². The number of aryl methyl sites for hydroxylation is 3. The van der Waals surface area contributed by atoms with Crippen molar-refractivity contribution < 1.29 is 4.79 Å². The highest BCUT2D eigenvalue weighted by atomic mass is 16.1. The average molecular weight is 277 g/mol. The fraction of sp³-hybridized carbons (Fsp3) is 0.562. The van der Waals surface area contributed by atoms with E-state index in [1.807, 2.05) is 0 Å². The topological polar surface area (TPSA) is 67.2 Å². The first kappa shape index (κ1) is 16.7. The van der Waals surface area contributed by atoms with Crippen LogP contribution in [0.4, 0.5) is 0 Å². The van der Waals surface area contributed by atoms with Crippen molar-refractivity contribution >= 4 is 5.91 Å². The molecule has 1 amide bonds. The molecule has 0 spiro atoms. The minimum Gasteiger partial charge on any atom is -0.356 e. The van der Waals surface area contributed by atoms with E-state index in [4.69, 9.17) is 5.73 Å². The van der Waals surface area contributed by atoms with E-state index in [0.717, 1.165) is 25.9 Å². The van der Waals surface area contributed by atoms with E-state index in [1.54, 1.807) is 0 Å². The summed E-state index contributed by atoms with van der Waals surface area (Å²) in [6.45, 7) is 7.06. The van der Waals surface area contributed by atoms with Crippen LogP contribution in [0.1, 0.15) is 29.5 Å². The molecule has 1 aromatic rings. The molecule has 0 aromatic heterocycles. The van der Waals surface area contributed by atoms with Gasteiger partial charge in [-0.1, -0.05) is 23.8 Å². The monoisotopic (exact) mass is 277 g/mol. The second-order valence-corrected chi connectivity index (χ2v) is 5.17. The Kier molecular flexibility index (Phi) is 7.92. The molecule has 0 fully saturated rings. The number of hydrogen-bond acceptors (Lipinski definition) is 3. The summed E-state index contributed by atoms with van der Waals surface area (Å²) < 4.78 is 0. The number of benzene rings is 1. The zero-order valence-electron chi connectivity index (χ0n) is 12.7. The second kappa shape index (κ2) is 9.50. The molecule has 0 bridgehead atoms. The standard InChI is InChI=1S/C16H27N3O/c1-13-5-6-15(14(2)12-13)4-3-9-19-16(20)7-10-18-11-8-17/h5-6,12,18H,3-4,7-11,17H2,1-2H3,(H,19,20). The largest absolute Gasteiger partial charge is 0.356 e. The zero-order valence-corrected chi connectivity index (χ0v) is 12.7. The maximum atomic E-state index is 11.5. The fourth-order valence-corrected chi connectivity index (χ4v) is 2.15. The van der Waals surface area contributed by atoms with Gasteiger partial charge in [0.1, 0.15) is 0 Å². The Morgan fingerprint density at radius 2 is 2.00 bits per heavy atom. The Morgan fingerprint density at radius 1 is 1.20 bits per heavy atom. The van der Waals surface area contributed by atoms with E-state index >= 15 is 0 Å². The Hall–Kier alpha value is -1.39. The van der Waals surface area contributed by atoms with Gasteiger partial charge in [0.25, 0.3) is 0 Å². The van der Waals surface area contributed by atoms with E-state index in [2.05, 4.69) is 42.7 Å². The predicted molar refractivity (Wildman–Crippen MR) is 83.8 cm³/mol. The van der Waals surface area contributed by atoms with Gasteiger partial charge >= 0.3 is 0 Å². The summed E-state index contributed by atoms with van der Waals surface area (Å²) in [7, 11) is 0. The highest BCUT2D eigenvalue weighted by Crippen LogP contribution is 2.12. The first-order chi connectivity index (χ1) is 9.63. The van der Waals surface area contributed by atoms with Gasteiger partial charge in [-0.25, -0.2) is 0 Å². The number of rotatable bonds is 9. The highest BCUT2D eigenvalue weighted by molar-refractivity contribution is 5.75. The molecule has 1 aromatic carbocycles. The molecule has 0 aliphatic carbocycles. The Labute approximate surface area is 122 Å². The van der Waals surface area contributed by atoms with Crippen molar-refractivity contribution in [2.45, 2.75) is 33.1 Å². The van der Waals surface area contributed by atoms with Crippen molar-refractivity contribution in [1.82, 2.24) is 10.6 Å². The van der Waals surface area contributed by atoms with Crippen LogP contribution in [0.2, 0.25) is 0 Å². The number of nitrogens with one attached hydrogen (secondary N) is 2. The van der Waals surface area contributed by atoms with Crippen molar-refractivity contribution in [3.63, 3.8) is 0 Å². The van der Waals surface area contributed by atoms with Gasteiger partial charge in [0.2, 0.25) is 5.91 Å². The lowest BCUT2D eigenvalue weighted by Crippen LogP contribution is -2.30. The van der Waals surface area contributed by atoms with E-state index in [1.165, 1.54) is 16.7 Å². The minimum absolute atomic E-state index is 0.107. The molecule has 0 unspecified atom stereocenters. The zero-order chi connectivity index (χ0) is 14.8. The van der Waals surface area contributed by atoms with Crippen molar-refractivity contribution in [3.8, 4) is 0 Å². The lowest BCUT2D eigenvalue weighted by atomic mass is 10.0. The van der Waals surface area contributed by atoms with Gasteiger partial charge in [0, 0.05) is 32.6 Å². The molecule has 0 aliphatic heterocycles. The van der Waals surface area contributed by atoms with Crippen LogP contribution >= 0.6 is 0 Å². The smallest absolute Gasteiger partial charge is 0.221 e. The normalized spacial score (nSPS) is 10.6. The molecule has 20 heavy (non-hydrogen) atoms. The van der Waals surface area contributed by atoms with E-state index in [0.29, 0.717) is 19.5 Å². The van der Waals surface area contributed by atoms with E-state index in [9.17, 15) is 4.79 Å². The van der Waals surface area contributed by atoms with Crippen LogP contribution in [0.5, 0.6) is 0 Å². The number of carbonyl (C=O) groups excluding carboxylic acids is 1. The third-order valence-electron chi connectivity index (χ3n) is 3.29. The molecule has 112 valence electrons. The number of amides is 1. The molecule has 0 radical (unpaired) electrons. The molecule has 0 heterocycles. The van der Waals surface area contributed by atoms with Crippen LogP contribution in [0, 0.1) is 13.8 Å². The van der Waals surface area contributed by atoms with Gasteiger partial charge in [-0.05, 0) is 37.8 Å². The molecular weight excluding hydrogens is 250 g/mol. The van der Waals surface area contributed by atoms with Gasteiger partial charge < -0.3 is 16.4 Å². The third-order valence-corrected chi connectivity index (χ3v) is 3.29. The molecule has 0 saturated carbocycles. The average Bonchev–Trinajstić information content (AvgIpc) is 2.41. The van der Waals surface area contributed by atoms with Crippen molar-refractivity contribution in [2.24, 2.45) is 5.73 Å². The fourth-order valence-electron chi connectivity index (χ4n) is 2.15. The molecule has 0 atom stereocenters. The van der Waals surface area contributed by atoms with Crippen LogP contribution in [-0.2, 0) is 11.2 Å². The first-order valence-corrected chi connectivity index (χ1v) is 7.37.